The average molecular weight is 226 g/mol. The van der Waals surface area contributed by atoms with Crippen molar-refractivity contribution in [2.45, 2.75) is 25.7 Å². The summed E-state index contributed by atoms with van der Waals surface area (Å²) in [6, 6.07) is 4.42. The number of esters is 1. The van der Waals surface area contributed by atoms with Crippen molar-refractivity contribution in [1.82, 2.24) is 0 Å². The number of halogens is 1. The number of benzene rings is 1. The average Bonchev–Trinajstić information content (AvgIpc) is 2.29. The Kier molecular flexibility index (Phi) is 4.28. The van der Waals surface area contributed by atoms with Gasteiger partial charge >= 0.3 is 5.97 Å². The summed E-state index contributed by atoms with van der Waals surface area (Å²) in [5.41, 5.74) is 0.355. The van der Waals surface area contributed by atoms with Crippen molar-refractivity contribution in [3.05, 3.63) is 29.6 Å². The molecule has 0 aromatic heterocycles. The molecule has 1 aromatic rings. The van der Waals surface area contributed by atoms with Gasteiger partial charge in [0.2, 0.25) is 0 Å². The van der Waals surface area contributed by atoms with Crippen LogP contribution in [0.5, 0.6) is 5.75 Å². The van der Waals surface area contributed by atoms with Crippen molar-refractivity contribution in [3.8, 4) is 5.75 Å². The first kappa shape index (κ1) is 12.5. The monoisotopic (exact) mass is 226 g/mol. The van der Waals surface area contributed by atoms with Crippen LogP contribution in [0.4, 0.5) is 4.39 Å². The van der Waals surface area contributed by atoms with E-state index in [9.17, 15) is 14.3 Å². The summed E-state index contributed by atoms with van der Waals surface area (Å²) in [7, 11) is 1.30. The van der Waals surface area contributed by atoms with E-state index in [0.717, 1.165) is 0 Å². The van der Waals surface area contributed by atoms with Crippen molar-refractivity contribution >= 4 is 5.97 Å². The number of carbonyl (C=O) groups excluding carboxylic acids is 1. The fourth-order valence-corrected chi connectivity index (χ4v) is 1.61. The molecule has 1 N–H and O–H groups in total. The molecule has 1 rings (SSSR count). The molecular weight excluding hydrogens is 211 g/mol. The molecule has 0 aliphatic heterocycles. The van der Waals surface area contributed by atoms with Gasteiger partial charge < -0.3 is 9.84 Å². The summed E-state index contributed by atoms with van der Waals surface area (Å²) in [6.45, 7) is 1.86. The summed E-state index contributed by atoms with van der Waals surface area (Å²) in [6.07, 6.45) is 0.725. The smallest absolute Gasteiger partial charge is 0.306 e. The van der Waals surface area contributed by atoms with E-state index in [4.69, 9.17) is 0 Å². The predicted octanol–water partition coefficient (Wildman–Crippen LogP) is 2.59. The van der Waals surface area contributed by atoms with Crippen LogP contribution in [0.2, 0.25) is 0 Å². The summed E-state index contributed by atoms with van der Waals surface area (Å²) in [4.78, 5) is 11.1. The highest BCUT2D eigenvalue weighted by molar-refractivity contribution is 5.70. The molecule has 16 heavy (non-hydrogen) atoms. The van der Waals surface area contributed by atoms with Crippen LogP contribution in [0.15, 0.2) is 18.2 Å². The van der Waals surface area contributed by atoms with Crippen molar-refractivity contribution in [2.75, 3.05) is 7.11 Å². The lowest BCUT2D eigenvalue weighted by Crippen LogP contribution is -2.09. The van der Waals surface area contributed by atoms with E-state index in [1.165, 1.54) is 13.2 Å². The highest BCUT2D eigenvalue weighted by atomic mass is 19.1. The molecule has 0 heterocycles. The molecule has 1 atom stereocenters. The molecule has 88 valence electrons. The maximum absolute atomic E-state index is 13.6. The second kappa shape index (κ2) is 5.49. The minimum Gasteiger partial charge on any atom is -0.505 e. The Balaban J connectivity index is 2.95. The Labute approximate surface area is 93.9 Å². The summed E-state index contributed by atoms with van der Waals surface area (Å²) in [5.74, 6) is -1.69. The van der Waals surface area contributed by atoms with Crippen molar-refractivity contribution in [3.63, 3.8) is 0 Å². The van der Waals surface area contributed by atoms with Crippen molar-refractivity contribution in [2.24, 2.45) is 0 Å². The van der Waals surface area contributed by atoms with E-state index >= 15 is 0 Å². The van der Waals surface area contributed by atoms with Gasteiger partial charge in [-0.2, -0.15) is 0 Å². The fourth-order valence-electron chi connectivity index (χ4n) is 1.61. The highest BCUT2D eigenvalue weighted by Gasteiger charge is 2.19. The maximum Gasteiger partial charge on any atom is 0.306 e. The number of phenols is 1. The summed E-state index contributed by atoms with van der Waals surface area (Å²) < 4.78 is 18.1. The van der Waals surface area contributed by atoms with Gasteiger partial charge in [0.1, 0.15) is 0 Å². The molecule has 1 aromatic carbocycles. The van der Waals surface area contributed by atoms with Gasteiger partial charge in [-0.3, -0.25) is 4.79 Å². The Morgan fingerprint density at radius 1 is 1.56 bits per heavy atom. The van der Waals surface area contributed by atoms with Gasteiger partial charge in [0.05, 0.1) is 13.5 Å². The minimum atomic E-state index is -0.654. The number of rotatable bonds is 4. The lowest BCUT2D eigenvalue weighted by molar-refractivity contribution is -0.141. The standard InChI is InChI=1S/C12H15FO3/c1-3-8(7-11(15)16-2)9-5-4-6-10(14)12(9)13/h4-6,8,14H,3,7H2,1-2H3/t8-/m0/s1. The maximum atomic E-state index is 13.6. The van der Waals surface area contributed by atoms with Crippen LogP contribution in [0.3, 0.4) is 0 Å². The van der Waals surface area contributed by atoms with Gasteiger partial charge in [0, 0.05) is 0 Å². The van der Waals surface area contributed by atoms with E-state index < -0.39 is 5.82 Å². The first-order chi connectivity index (χ1) is 7.60. The molecule has 3 nitrogen and oxygen atoms in total. The van der Waals surface area contributed by atoms with Crippen molar-refractivity contribution < 1.29 is 19.0 Å². The van der Waals surface area contributed by atoms with Crippen LogP contribution >= 0.6 is 0 Å². The van der Waals surface area contributed by atoms with Gasteiger partial charge in [-0.05, 0) is 24.0 Å². The molecule has 0 unspecified atom stereocenters. The van der Waals surface area contributed by atoms with E-state index in [1.807, 2.05) is 6.92 Å². The third-order valence-electron chi connectivity index (χ3n) is 2.58. The van der Waals surface area contributed by atoms with Crippen LogP contribution in [0.1, 0.15) is 31.2 Å². The molecule has 0 spiro atoms. The van der Waals surface area contributed by atoms with E-state index in [-0.39, 0.29) is 24.1 Å². The van der Waals surface area contributed by atoms with Gasteiger partial charge in [-0.15, -0.1) is 0 Å². The third kappa shape index (κ3) is 2.72. The number of carbonyl (C=O) groups is 1. The first-order valence-electron chi connectivity index (χ1n) is 5.14. The molecule has 0 bridgehead atoms. The number of methoxy groups -OCH3 is 1. The lowest BCUT2D eigenvalue weighted by atomic mass is 9.92. The molecule has 0 saturated heterocycles. The van der Waals surface area contributed by atoms with Gasteiger partial charge in [-0.25, -0.2) is 4.39 Å². The Hall–Kier alpha value is -1.58. The van der Waals surface area contributed by atoms with Crippen molar-refractivity contribution in [1.29, 1.82) is 0 Å². The molecule has 0 aliphatic carbocycles. The Bertz CT molecular complexity index is 377. The highest BCUT2D eigenvalue weighted by Crippen LogP contribution is 2.30. The largest absolute Gasteiger partial charge is 0.505 e. The topological polar surface area (TPSA) is 46.5 Å². The minimum absolute atomic E-state index is 0.118. The van der Waals surface area contributed by atoms with Gasteiger partial charge in [0.25, 0.3) is 0 Å². The predicted molar refractivity (Wildman–Crippen MR) is 57.7 cm³/mol. The normalized spacial score (nSPS) is 12.2. The zero-order valence-corrected chi connectivity index (χ0v) is 9.37. The Morgan fingerprint density at radius 3 is 2.81 bits per heavy atom. The first-order valence-corrected chi connectivity index (χ1v) is 5.14. The molecule has 0 amide bonds. The molecule has 0 aliphatic rings. The quantitative estimate of drug-likeness (QED) is 0.802. The number of hydrogen-bond donors (Lipinski definition) is 1. The van der Waals surface area contributed by atoms with Gasteiger partial charge in [0.15, 0.2) is 11.6 Å². The number of aromatic hydroxyl groups is 1. The summed E-state index contributed by atoms with van der Waals surface area (Å²) >= 11 is 0. The van der Waals surface area contributed by atoms with E-state index in [0.29, 0.717) is 12.0 Å². The molecule has 4 heteroatoms. The summed E-state index contributed by atoms with van der Waals surface area (Å²) in [5, 5.41) is 9.24. The SMILES string of the molecule is CC[C@@H](CC(=O)OC)c1cccc(O)c1F. The second-order valence-electron chi connectivity index (χ2n) is 3.57. The lowest BCUT2D eigenvalue weighted by Gasteiger charge is -2.15. The van der Waals surface area contributed by atoms with Gasteiger partial charge in [-0.1, -0.05) is 19.1 Å². The molecule has 0 fully saturated rings. The zero-order chi connectivity index (χ0) is 12.1. The van der Waals surface area contributed by atoms with Crippen LogP contribution in [0, 0.1) is 5.82 Å². The van der Waals surface area contributed by atoms with E-state index in [2.05, 4.69) is 4.74 Å². The van der Waals surface area contributed by atoms with Crippen LogP contribution in [0.25, 0.3) is 0 Å². The molecule has 0 saturated carbocycles. The molecule has 0 radical (unpaired) electrons. The number of phenolic OH excluding ortho intramolecular Hbond substituents is 1. The second-order valence-corrected chi connectivity index (χ2v) is 3.57. The number of hydrogen-bond acceptors (Lipinski definition) is 3. The number of ether oxygens (including phenoxy) is 1. The molecular formula is C12H15FO3. The van der Waals surface area contributed by atoms with Crippen LogP contribution in [-0.2, 0) is 9.53 Å². The van der Waals surface area contributed by atoms with Crippen LogP contribution < -0.4 is 0 Å². The third-order valence-corrected chi connectivity index (χ3v) is 2.58. The van der Waals surface area contributed by atoms with E-state index in [1.54, 1.807) is 12.1 Å². The zero-order valence-electron chi connectivity index (χ0n) is 9.37. The van der Waals surface area contributed by atoms with Crippen LogP contribution in [-0.4, -0.2) is 18.2 Å². The fraction of sp³-hybridized carbons (Fsp3) is 0.417. The Morgan fingerprint density at radius 2 is 2.25 bits per heavy atom.